The fraction of sp³-hybridized carbons (Fsp3) is 0.571. The molecular weight excluding hydrogens is 310 g/mol. The highest BCUT2D eigenvalue weighted by Crippen LogP contribution is 2.35. The Morgan fingerprint density at radius 3 is 2.52 bits per heavy atom. The van der Waals surface area contributed by atoms with E-state index in [1.165, 1.54) is 5.56 Å². The van der Waals surface area contributed by atoms with Crippen molar-refractivity contribution in [1.29, 1.82) is 0 Å². The maximum absolute atomic E-state index is 12.1. The molecule has 0 bridgehead atoms. The van der Waals surface area contributed by atoms with E-state index in [4.69, 9.17) is 5.84 Å². The number of fused-ring (bicyclic) bond motifs is 1. The number of hydrogen-bond acceptors (Lipinski definition) is 3. The Balaban J connectivity index is 1.83. The number of hydrogen-bond donors (Lipinski definition) is 1. The number of Topliss-reactive ketones (excluding diaryl/α,β-unsaturated/α-hetero) is 1. The molecule has 25 heavy (non-hydrogen) atoms. The standard InChI is InChI=1S/C21H31N3O/c1-5-20(25)16-6-7-19-17(12-16)18(13-24(19)22)15-8-10-23(11-9-15)14-21(2,3)4/h6-7,12-13,15H,5,8-11,14,22H2,1-4H3. The highest BCUT2D eigenvalue weighted by Gasteiger charge is 2.26. The number of carbonyl (C=O) groups excluding carboxylic acids is 1. The maximum atomic E-state index is 12.1. The van der Waals surface area contributed by atoms with Crippen molar-refractivity contribution >= 4 is 16.7 Å². The van der Waals surface area contributed by atoms with Crippen molar-refractivity contribution in [1.82, 2.24) is 9.58 Å². The second kappa shape index (κ2) is 6.83. The molecule has 0 unspecified atom stereocenters. The smallest absolute Gasteiger partial charge is 0.162 e. The number of ketones is 1. The van der Waals surface area contributed by atoms with Gasteiger partial charge in [0.25, 0.3) is 0 Å². The van der Waals surface area contributed by atoms with Gasteiger partial charge < -0.3 is 10.7 Å². The van der Waals surface area contributed by atoms with Gasteiger partial charge in [-0.3, -0.25) is 9.47 Å². The molecular formula is C21H31N3O. The first-order valence-electron chi connectivity index (χ1n) is 9.44. The number of nitrogens with zero attached hydrogens (tertiary/aromatic N) is 2. The van der Waals surface area contributed by atoms with Crippen LogP contribution in [-0.2, 0) is 0 Å². The predicted octanol–water partition coefficient (Wildman–Crippen LogP) is 4.17. The molecule has 1 aromatic carbocycles. The minimum Gasteiger partial charge on any atom is -0.339 e. The lowest BCUT2D eigenvalue weighted by Crippen LogP contribution is -2.38. The number of nitrogens with two attached hydrogens (primary N) is 1. The molecule has 2 heterocycles. The lowest BCUT2D eigenvalue weighted by atomic mass is 9.87. The quantitative estimate of drug-likeness (QED) is 0.670. The van der Waals surface area contributed by atoms with E-state index in [0.29, 0.717) is 17.8 Å². The zero-order valence-corrected chi connectivity index (χ0v) is 16.0. The van der Waals surface area contributed by atoms with Gasteiger partial charge in [0, 0.05) is 30.1 Å². The van der Waals surface area contributed by atoms with Crippen LogP contribution in [0.2, 0.25) is 0 Å². The highest BCUT2D eigenvalue weighted by molar-refractivity contribution is 6.00. The number of rotatable bonds is 4. The molecule has 4 nitrogen and oxygen atoms in total. The summed E-state index contributed by atoms with van der Waals surface area (Å²) in [7, 11) is 0. The van der Waals surface area contributed by atoms with Crippen LogP contribution < -0.4 is 5.84 Å². The van der Waals surface area contributed by atoms with E-state index < -0.39 is 0 Å². The predicted molar refractivity (Wildman–Crippen MR) is 105 cm³/mol. The van der Waals surface area contributed by atoms with Crippen LogP contribution in [0.5, 0.6) is 0 Å². The normalized spacial score (nSPS) is 17.3. The van der Waals surface area contributed by atoms with Crippen LogP contribution in [0.15, 0.2) is 24.4 Å². The minimum atomic E-state index is 0.192. The van der Waals surface area contributed by atoms with Gasteiger partial charge in [-0.05, 0) is 61.0 Å². The molecule has 0 atom stereocenters. The molecule has 1 saturated heterocycles. The summed E-state index contributed by atoms with van der Waals surface area (Å²) in [6, 6.07) is 5.92. The van der Waals surface area contributed by atoms with E-state index in [0.717, 1.165) is 48.9 Å². The monoisotopic (exact) mass is 341 g/mol. The Kier molecular flexibility index (Phi) is 4.92. The van der Waals surface area contributed by atoms with E-state index in [-0.39, 0.29) is 5.78 Å². The third-order valence-corrected chi connectivity index (χ3v) is 5.23. The Hall–Kier alpha value is -1.81. The molecule has 0 spiro atoms. The summed E-state index contributed by atoms with van der Waals surface area (Å²) in [6.07, 6.45) is 4.91. The number of aromatic nitrogens is 1. The van der Waals surface area contributed by atoms with Gasteiger partial charge in [0.15, 0.2) is 5.78 Å². The third kappa shape index (κ3) is 3.90. The molecule has 4 heteroatoms. The Morgan fingerprint density at radius 2 is 1.92 bits per heavy atom. The van der Waals surface area contributed by atoms with Gasteiger partial charge in [0.2, 0.25) is 0 Å². The van der Waals surface area contributed by atoms with E-state index >= 15 is 0 Å². The summed E-state index contributed by atoms with van der Waals surface area (Å²) in [5, 5.41) is 1.15. The average Bonchev–Trinajstić information content (AvgIpc) is 2.90. The van der Waals surface area contributed by atoms with Gasteiger partial charge in [-0.25, -0.2) is 0 Å². The molecule has 3 rings (SSSR count). The van der Waals surface area contributed by atoms with E-state index in [2.05, 4.69) is 31.9 Å². The number of benzene rings is 1. The van der Waals surface area contributed by atoms with E-state index in [9.17, 15) is 4.79 Å². The van der Waals surface area contributed by atoms with Crippen LogP contribution in [0.3, 0.4) is 0 Å². The fourth-order valence-electron chi connectivity index (χ4n) is 4.06. The second-order valence-corrected chi connectivity index (χ2v) is 8.61. The summed E-state index contributed by atoms with van der Waals surface area (Å²) in [5.74, 6) is 6.89. The zero-order valence-electron chi connectivity index (χ0n) is 16.0. The molecule has 2 N–H and O–H groups in total. The van der Waals surface area contributed by atoms with Crippen molar-refractivity contribution in [3.05, 3.63) is 35.5 Å². The molecule has 1 aliphatic rings. The van der Waals surface area contributed by atoms with Crippen molar-refractivity contribution in [3.8, 4) is 0 Å². The number of carbonyl (C=O) groups is 1. The maximum Gasteiger partial charge on any atom is 0.162 e. The minimum absolute atomic E-state index is 0.192. The van der Waals surface area contributed by atoms with Crippen LogP contribution >= 0.6 is 0 Å². The van der Waals surface area contributed by atoms with Gasteiger partial charge in [-0.15, -0.1) is 0 Å². The van der Waals surface area contributed by atoms with Gasteiger partial charge >= 0.3 is 0 Å². The lowest BCUT2D eigenvalue weighted by Gasteiger charge is -2.36. The van der Waals surface area contributed by atoms with Crippen molar-refractivity contribution in [2.45, 2.75) is 52.9 Å². The van der Waals surface area contributed by atoms with Gasteiger partial charge in [-0.2, -0.15) is 0 Å². The van der Waals surface area contributed by atoms with E-state index in [1.807, 2.05) is 25.1 Å². The molecule has 1 aliphatic heterocycles. The van der Waals surface area contributed by atoms with Crippen LogP contribution in [0.25, 0.3) is 10.9 Å². The Labute approximate surface area is 151 Å². The molecule has 0 saturated carbocycles. The third-order valence-electron chi connectivity index (χ3n) is 5.23. The highest BCUT2D eigenvalue weighted by atomic mass is 16.1. The molecule has 0 amide bonds. The van der Waals surface area contributed by atoms with Gasteiger partial charge in [-0.1, -0.05) is 27.7 Å². The number of nitrogen functional groups attached to an aromatic ring is 1. The first-order chi connectivity index (χ1) is 11.8. The average molecular weight is 341 g/mol. The molecule has 0 radical (unpaired) electrons. The molecule has 2 aromatic rings. The molecule has 1 fully saturated rings. The van der Waals surface area contributed by atoms with Crippen molar-refractivity contribution in [2.24, 2.45) is 5.41 Å². The van der Waals surface area contributed by atoms with Gasteiger partial charge in [0.1, 0.15) is 0 Å². The summed E-state index contributed by atoms with van der Waals surface area (Å²) < 4.78 is 1.71. The first-order valence-corrected chi connectivity index (χ1v) is 9.44. The summed E-state index contributed by atoms with van der Waals surface area (Å²) in [5.41, 5.74) is 3.46. The van der Waals surface area contributed by atoms with Crippen molar-refractivity contribution in [3.63, 3.8) is 0 Å². The van der Waals surface area contributed by atoms with Crippen LogP contribution in [0, 0.1) is 5.41 Å². The largest absolute Gasteiger partial charge is 0.339 e. The summed E-state index contributed by atoms with van der Waals surface area (Å²) in [6.45, 7) is 12.2. The molecule has 136 valence electrons. The zero-order chi connectivity index (χ0) is 18.2. The van der Waals surface area contributed by atoms with E-state index in [1.54, 1.807) is 4.68 Å². The van der Waals surface area contributed by atoms with Crippen molar-refractivity contribution < 1.29 is 4.79 Å². The first kappa shape index (κ1) is 18.0. The van der Waals surface area contributed by atoms with Crippen LogP contribution in [0.4, 0.5) is 0 Å². The number of likely N-dealkylation sites (tertiary alicyclic amines) is 1. The van der Waals surface area contributed by atoms with Crippen molar-refractivity contribution in [2.75, 3.05) is 25.5 Å². The fourth-order valence-corrected chi connectivity index (χ4v) is 4.06. The number of piperidine rings is 1. The van der Waals surface area contributed by atoms with Gasteiger partial charge in [0.05, 0.1) is 5.52 Å². The Bertz CT molecular complexity index is 761. The Morgan fingerprint density at radius 1 is 1.24 bits per heavy atom. The lowest BCUT2D eigenvalue weighted by molar-refractivity contribution is 0.0988. The SMILES string of the molecule is CCC(=O)c1ccc2c(c1)c(C1CCN(CC(C)(C)C)CC1)cn2N. The topological polar surface area (TPSA) is 51.3 Å². The molecule has 0 aliphatic carbocycles. The summed E-state index contributed by atoms with van der Waals surface area (Å²) in [4.78, 5) is 14.7. The second-order valence-electron chi connectivity index (χ2n) is 8.61. The molecule has 1 aromatic heterocycles. The summed E-state index contributed by atoms with van der Waals surface area (Å²) >= 11 is 0. The van der Waals surface area contributed by atoms with Crippen LogP contribution in [-0.4, -0.2) is 35.0 Å². The van der Waals surface area contributed by atoms with Crippen LogP contribution in [0.1, 0.15) is 68.8 Å².